The summed E-state index contributed by atoms with van der Waals surface area (Å²) >= 11 is 0.910. The quantitative estimate of drug-likeness (QED) is 0.791. The van der Waals surface area contributed by atoms with Crippen molar-refractivity contribution in [2.24, 2.45) is 0 Å². The molecule has 3 amide bonds. The fraction of sp³-hybridized carbons (Fsp3) is 0.421. The number of rotatable bonds is 5. The van der Waals surface area contributed by atoms with E-state index in [4.69, 9.17) is 4.74 Å². The Morgan fingerprint density at radius 1 is 1.23 bits per heavy atom. The van der Waals surface area contributed by atoms with Gasteiger partial charge in [0.05, 0.1) is 4.91 Å². The fourth-order valence-electron chi connectivity index (χ4n) is 2.28. The smallest absolute Gasteiger partial charge is 0.407 e. The molecule has 0 unspecified atom stereocenters. The molecule has 6 nitrogen and oxygen atoms in total. The Morgan fingerprint density at radius 2 is 1.88 bits per heavy atom. The molecule has 1 aliphatic rings. The molecule has 1 N–H and O–H groups in total. The highest BCUT2D eigenvalue weighted by molar-refractivity contribution is 8.18. The van der Waals surface area contributed by atoms with Gasteiger partial charge in [-0.1, -0.05) is 31.2 Å². The van der Waals surface area contributed by atoms with Crippen molar-refractivity contribution in [3.05, 3.63) is 40.3 Å². The summed E-state index contributed by atoms with van der Waals surface area (Å²) in [6, 6.07) is 7.86. The van der Waals surface area contributed by atoms with Gasteiger partial charge < -0.3 is 10.1 Å². The number of nitrogens with zero attached hydrogens (tertiary/aromatic N) is 1. The predicted octanol–water partition coefficient (Wildman–Crippen LogP) is 3.81. The lowest BCUT2D eigenvalue weighted by atomic mass is 10.1. The van der Waals surface area contributed by atoms with Crippen molar-refractivity contribution < 1.29 is 19.1 Å². The molecule has 0 bridgehead atoms. The van der Waals surface area contributed by atoms with Gasteiger partial charge in [-0.25, -0.2) is 4.79 Å². The number of carbonyl (C=O) groups is 3. The molecule has 0 aromatic heterocycles. The second-order valence-electron chi connectivity index (χ2n) is 6.86. The average Bonchev–Trinajstić information content (AvgIpc) is 2.81. The van der Waals surface area contributed by atoms with E-state index in [1.165, 1.54) is 5.56 Å². The zero-order chi connectivity index (χ0) is 19.3. The van der Waals surface area contributed by atoms with Crippen LogP contribution in [0.2, 0.25) is 0 Å². The van der Waals surface area contributed by atoms with E-state index in [0.717, 1.165) is 28.6 Å². The Morgan fingerprint density at radius 3 is 2.46 bits per heavy atom. The topological polar surface area (TPSA) is 75.7 Å². The third-order valence-corrected chi connectivity index (χ3v) is 4.47. The normalized spacial score (nSPS) is 16.3. The Bertz CT molecular complexity index is 720. The van der Waals surface area contributed by atoms with Gasteiger partial charge >= 0.3 is 6.09 Å². The zero-order valence-corrected chi connectivity index (χ0v) is 16.3. The number of aryl methyl sites for hydroxylation is 1. The van der Waals surface area contributed by atoms with Gasteiger partial charge in [-0.15, -0.1) is 0 Å². The zero-order valence-electron chi connectivity index (χ0n) is 15.5. The van der Waals surface area contributed by atoms with Crippen LogP contribution in [0.3, 0.4) is 0 Å². The van der Waals surface area contributed by atoms with Crippen LogP contribution in [0.4, 0.5) is 9.59 Å². The van der Waals surface area contributed by atoms with Gasteiger partial charge in [-0.05, 0) is 56.2 Å². The fourth-order valence-corrected chi connectivity index (χ4v) is 3.14. The predicted molar refractivity (Wildman–Crippen MR) is 103 cm³/mol. The SMILES string of the molecule is CCc1ccc(/C=C2\SC(=O)N(CCNC(=O)OC(C)(C)C)C2=O)cc1. The lowest BCUT2D eigenvalue weighted by Gasteiger charge is -2.20. The summed E-state index contributed by atoms with van der Waals surface area (Å²) in [6.45, 7) is 7.62. The summed E-state index contributed by atoms with van der Waals surface area (Å²) in [6.07, 6.45) is 2.09. The summed E-state index contributed by atoms with van der Waals surface area (Å²) in [5.41, 5.74) is 1.49. The van der Waals surface area contributed by atoms with E-state index in [-0.39, 0.29) is 24.2 Å². The molecule has 7 heteroatoms. The van der Waals surface area contributed by atoms with Crippen molar-refractivity contribution in [2.45, 2.75) is 39.7 Å². The molecule has 2 rings (SSSR count). The number of carbonyl (C=O) groups excluding carboxylic acids is 3. The molecule has 1 aromatic rings. The van der Waals surface area contributed by atoms with Gasteiger partial charge in [0.25, 0.3) is 11.1 Å². The summed E-state index contributed by atoms with van der Waals surface area (Å²) in [5, 5.41) is 2.21. The first-order valence-electron chi connectivity index (χ1n) is 8.51. The highest BCUT2D eigenvalue weighted by Crippen LogP contribution is 2.31. The summed E-state index contributed by atoms with van der Waals surface area (Å²) in [4.78, 5) is 37.6. The van der Waals surface area contributed by atoms with Crippen LogP contribution in [0.25, 0.3) is 6.08 Å². The van der Waals surface area contributed by atoms with Gasteiger partial charge in [0.1, 0.15) is 5.60 Å². The minimum absolute atomic E-state index is 0.107. The number of benzene rings is 1. The number of thioether (sulfide) groups is 1. The van der Waals surface area contributed by atoms with Crippen molar-refractivity contribution in [3.63, 3.8) is 0 Å². The highest BCUT2D eigenvalue weighted by atomic mass is 32.2. The van der Waals surface area contributed by atoms with E-state index < -0.39 is 11.7 Å². The first-order valence-corrected chi connectivity index (χ1v) is 9.32. The number of hydrogen-bond donors (Lipinski definition) is 1. The number of nitrogens with one attached hydrogen (secondary N) is 1. The van der Waals surface area contributed by atoms with Crippen molar-refractivity contribution in [1.82, 2.24) is 10.2 Å². The Balaban J connectivity index is 1.93. The minimum atomic E-state index is -0.595. The van der Waals surface area contributed by atoms with Crippen LogP contribution in [0.15, 0.2) is 29.2 Å². The second kappa shape index (κ2) is 8.40. The van der Waals surface area contributed by atoms with E-state index in [0.29, 0.717) is 4.91 Å². The number of imide groups is 1. The molecule has 1 saturated heterocycles. The molecule has 0 saturated carbocycles. The minimum Gasteiger partial charge on any atom is -0.444 e. The lowest BCUT2D eigenvalue weighted by Crippen LogP contribution is -2.39. The average molecular weight is 376 g/mol. The summed E-state index contributed by atoms with van der Waals surface area (Å²) < 4.78 is 5.12. The first-order chi connectivity index (χ1) is 12.2. The molecule has 1 aromatic carbocycles. The maximum absolute atomic E-state index is 12.4. The third-order valence-electron chi connectivity index (χ3n) is 3.56. The van der Waals surface area contributed by atoms with Gasteiger partial charge in [0, 0.05) is 13.1 Å². The summed E-state index contributed by atoms with van der Waals surface area (Å²) in [7, 11) is 0. The van der Waals surface area contributed by atoms with Crippen LogP contribution in [0, 0.1) is 0 Å². The maximum Gasteiger partial charge on any atom is 0.407 e. The molecule has 1 heterocycles. The van der Waals surface area contributed by atoms with Crippen LogP contribution in [0.1, 0.15) is 38.8 Å². The van der Waals surface area contributed by atoms with Crippen LogP contribution < -0.4 is 5.32 Å². The van der Waals surface area contributed by atoms with E-state index in [2.05, 4.69) is 12.2 Å². The van der Waals surface area contributed by atoms with Gasteiger partial charge in [0.2, 0.25) is 0 Å². The van der Waals surface area contributed by atoms with Crippen LogP contribution in [-0.4, -0.2) is 40.8 Å². The number of alkyl carbamates (subject to hydrolysis) is 1. The van der Waals surface area contributed by atoms with Crippen LogP contribution in [0.5, 0.6) is 0 Å². The summed E-state index contributed by atoms with van der Waals surface area (Å²) in [5.74, 6) is -0.342. The van der Waals surface area contributed by atoms with Crippen molar-refractivity contribution >= 4 is 35.1 Å². The van der Waals surface area contributed by atoms with E-state index in [1.54, 1.807) is 26.8 Å². The monoisotopic (exact) mass is 376 g/mol. The lowest BCUT2D eigenvalue weighted by molar-refractivity contribution is -0.122. The van der Waals surface area contributed by atoms with E-state index in [9.17, 15) is 14.4 Å². The van der Waals surface area contributed by atoms with Crippen LogP contribution in [-0.2, 0) is 16.0 Å². The molecule has 140 valence electrons. The standard InChI is InChI=1S/C19H24N2O4S/c1-5-13-6-8-14(9-7-13)12-15-16(22)21(18(24)26-15)11-10-20-17(23)25-19(2,3)4/h6-9,12H,5,10-11H2,1-4H3,(H,20,23)/b15-12-. The molecule has 1 aliphatic heterocycles. The molecular formula is C19H24N2O4S. The number of ether oxygens (including phenoxy) is 1. The Labute approximate surface area is 158 Å². The largest absolute Gasteiger partial charge is 0.444 e. The highest BCUT2D eigenvalue weighted by Gasteiger charge is 2.34. The second-order valence-corrected chi connectivity index (χ2v) is 7.85. The molecule has 0 spiro atoms. The number of amides is 3. The van der Waals surface area contributed by atoms with Gasteiger partial charge in [0.15, 0.2) is 0 Å². The van der Waals surface area contributed by atoms with Gasteiger partial charge in [-0.3, -0.25) is 14.5 Å². The van der Waals surface area contributed by atoms with E-state index >= 15 is 0 Å². The third kappa shape index (κ3) is 5.62. The Kier molecular flexibility index (Phi) is 6.47. The molecule has 0 aliphatic carbocycles. The molecule has 26 heavy (non-hydrogen) atoms. The maximum atomic E-state index is 12.4. The van der Waals surface area contributed by atoms with Gasteiger partial charge in [-0.2, -0.15) is 0 Å². The molecule has 0 atom stereocenters. The molecule has 1 fully saturated rings. The Hall–Kier alpha value is -2.28. The van der Waals surface area contributed by atoms with E-state index in [1.807, 2.05) is 24.3 Å². The first kappa shape index (κ1) is 20.0. The molecular weight excluding hydrogens is 352 g/mol. The van der Waals surface area contributed by atoms with Crippen molar-refractivity contribution in [2.75, 3.05) is 13.1 Å². The van der Waals surface area contributed by atoms with Crippen molar-refractivity contribution in [3.8, 4) is 0 Å². The van der Waals surface area contributed by atoms with Crippen molar-refractivity contribution in [1.29, 1.82) is 0 Å². The number of hydrogen-bond acceptors (Lipinski definition) is 5. The molecule has 0 radical (unpaired) electrons. The van der Waals surface area contributed by atoms with Crippen LogP contribution >= 0.6 is 11.8 Å².